The second-order valence-electron chi connectivity index (χ2n) is 5.18. The highest BCUT2D eigenvalue weighted by Crippen LogP contribution is 2.26. The SMILES string of the molecule is CCOc1ccccc1OCCNC(C)S(=O)(=O)c1ccccc1.Cl. The van der Waals surface area contributed by atoms with Crippen LogP contribution >= 0.6 is 12.4 Å². The number of benzene rings is 2. The molecular formula is C18H24ClNO4S. The van der Waals surface area contributed by atoms with Gasteiger partial charge in [-0.15, -0.1) is 12.4 Å². The fourth-order valence-electron chi connectivity index (χ4n) is 2.19. The van der Waals surface area contributed by atoms with Gasteiger partial charge in [0.2, 0.25) is 0 Å². The van der Waals surface area contributed by atoms with E-state index in [2.05, 4.69) is 5.32 Å². The number of hydrogen-bond donors (Lipinski definition) is 1. The minimum Gasteiger partial charge on any atom is -0.490 e. The molecule has 0 aliphatic heterocycles. The van der Waals surface area contributed by atoms with Crippen molar-refractivity contribution >= 4 is 22.2 Å². The smallest absolute Gasteiger partial charge is 0.193 e. The van der Waals surface area contributed by atoms with Crippen LogP contribution in [0.4, 0.5) is 0 Å². The molecule has 1 unspecified atom stereocenters. The summed E-state index contributed by atoms with van der Waals surface area (Å²) in [5.74, 6) is 1.34. The van der Waals surface area contributed by atoms with Gasteiger partial charge in [0, 0.05) is 6.54 Å². The number of hydrogen-bond acceptors (Lipinski definition) is 5. The molecule has 138 valence electrons. The number of ether oxygens (including phenoxy) is 2. The predicted octanol–water partition coefficient (Wildman–Crippen LogP) is 3.30. The van der Waals surface area contributed by atoms with Gasteiger partial charge in [-0.2, -0.15) is 0 Å². The molecule has 0 aliphatic rings. The second-order valence-corrected chi connectivity index (χ2v) is 7.45. The van der Waals surface area contributed by atoms with Crippen LogP contribution in [0.1, 0.15) is 13.8 Å². The first-order chi connectivity index (χ1) is 11.6. The van der Waals surface area contributed by atoms with Crippen LogP contribution in [0, 0.1) is 0 Å². The Kier molecular flexibility index (Phi) is 8.75. The minimum absolute atomic E-state index is 0. The van der Waals surface area contributed by atoms with Crippen molar-refractivity contribution in [2.24, 2.45) is 0 Å². The van der Waals surface area contributed by atoms with Gasteiger partial charge < -0.3 is 9.47 Å². The number of halogens is 1. The van der Waals surface area contributed by atoms with Gasteiger partial charge in [0.1, 0.15) is 12.0 Å². The quantitative estimate of drug-likeness (QED) is 0.671. The van der Waals surface area contributed by atoms with E-state index < -0.39 is 15.2 Å². The summed E-state index contributed by atoms with van der Waals surface area (Å²) in [6.45, 7) is 4.86. The van der Waals surface area contributed by atoms with E-state index in [1.165, 1.54) is 0 Å². The van der Waals surface area contributed by atoms with Gasteiger partial charge in [0.25, 0.3) is 0 Å². The van der Waals surface area contributed by atoms with Gasteiger partial charge in [-0.1, -0.05) is 30.3 Å². The molecule has 2 rings (SSSR count). The van der Waals surface area contributed by atoms with Crippen LogP contribution in [0.5, 0.6) is 11.5 Å². The van der Waals surface area contributed by atoms with Crippen LogP contribution in [-0.4, -0.2) is 33.6 Å². The number of sulfone groups is 1. The Morgan fingerprint density at radius 1 is 0.960 bits per heavy atom. The normalized spacial score (nSPS) is 12.1. The molecular weight excluding hydrogens is 362 g/mol. The van der Waals surface area contributed by atoms with Crippen molar-refractivity contribution in [2.75, 3.05) is 19.8 Å². The zero-order chi connectivity index (χ0) is 17.4. The monoisotopic (exact) mass is 385 g/mol. The lowest BCUT2D eigenvalue weighted by Gasteiger charge is -2.16. The fraction of sp³-hybridized carbons (Fsp3) is 0.333. The van der Waals surface area contributed by atoms with Crippen molar-refractivity contribution in [1.29, 1.82) is 0 Å². The topological polar surface area (TPSA) is 64.6 Å². The summed E-state index contributed by atoms with van der Waals surface area (Å²) in [6.07, 6.45) is 0. The summed E-state index contributed by atoms with van der Waals surface area (Å²) in [5.41, 5.74) is 0. The molecule has 0 bridgehead atoms. The summed E-state index contributed by atoms with van der Waals surface area (Å²) in [4.78, 5) is 0.313. The van der Waals surface area contributed by atoms with Crippen molar-refractivity contribution in [1.82, 2.24) is 5.32 Å². The maximum absolute atomic E-state index is 12.4. The lowest BCUT2D eigenvalue weighted by molar-refractivity contribution is 0.275. The zero-order valence-corrected chi connectivity index (χ0v) is 16.0. The maximum atomic E-state index is 12.4. The molecule has 0 aromatic heterocycles. The van der Waals surface area contributed by atoms with E-state index in [0.717, 1.165) is 0 Å². The lowest BCUT2D eigenvalue weighted by Crippen LogP contribution is -2.36. The van der Waals surface area contributed by atoms with Crippen molar-refractivity contribution in [3.05, 3.63) is 54.6 Å². The molecule has 0 amide bonds. The first-order valence-corrected chi connectivity index (χ1v) is 9.47. The number of nitrogens with one attached hydrogen (secondary N) is 1. The Labute approximate surface area is 155 Å². The molecule has 5 nitrogen and oxygen atoms in total. The molecule has 0 fully saturated rings. The summed E-state index contributed by atoms with van der Waals surface area (Å²) >= 11 is 0. The lowest BCUT2D eigenvalue weighted by atomic mass is 10.3. The van der Waals surface area contributed by atoms with Crippen molar-refractivity contribution in [3.8, 4) is 11.5 Å². The molecule has 2 aromatic rings. The third-order valence-corrected chi connectivity index (χ3v) is 5.50. The molecule has 25 heavy (non-hydrogen) atoms. The highest BCUT2D eigenvalue weighted by molar-refractivity contribution is 7.92. The molecule has 1 atom stereocenters. The van der Waals surface area contributed by atoms with E-state index in [1.54, 1.807) is 37.3 Å². The standard InChI is InChI=1S/C18H23NO4S.ClH/c1-3-22-17-11-7-8-12-18(17)23-14-13-19-15(2)24(20,21)16-9-5-4-6-10-16;/h4-12,15,19H,3,13-14H2,1-2H3;1H. The van der Waals surface area contributed by atoms with Gasteiger partial charge in [-0.25, -0.2) is 8.42 Å². The molecule has 0 radical (unpaired) electrons. The van der Waals surface area contributed by atoms with Gasteiger partial charge >= 0.3 is 0 Å². The van der Waals surface area contributed by atoms with E-state index in [4.69, 9.17) is 9.47 Å². The summed E-state index contributed by atoms with van der Waals surface area (Å²) in [5, 5.41) is 2.30. The van der Waals surface area contributed by atoms with Crippen molar-refractivity contribution < 1.29 is 17.9 Å². The average Bonchev–Trinajstić information content (AvgIpc) is 2.60. The Balaban J connectivity index is 0.00000312. The highest BCUT2D eigenvalue weighted by Gasteiger charge is 2.22. The first-order valence-electron chi connectivity index (χ1n) is 7.92. The van der Waals surface area contributed by atoms with Crippen LogP contribution in [-0.2, 0) is 9.84 Å². The third-order valence-electron chi connectivity index (χ3n) is 3.48. The van der Waals surface area contributed by atoms with E-state index in [0.29, 0.717) is 36.2 Å². The van der Waals surface area contributed by atoms with Crippen LogP contribution < -0.4 is 14.8 Å². The molecule has 0 saturated heterocycles. The van der Waals surface area contributed by atoms with Crippen molar-refractivity contribution in [3.63, 3.8) is 0 Å². The molecule has 1 N–H and O–H groups in total. The van der Waals surface area contributed by atoms with Gasteiger partial charge in [0.15, 0.2) is 21.3 Å². The number of rotatable bonds is 9. The van der Waals surface area contributed by atoms with E-state index in [1.807, 2.05) is 31.2 Å². The van der Waals surface area contributed by atoms with Crippen LogP contribution in [0.25, 0.3) is 0 Å². The molecule has 0 heterocycles. The Morgan fingerprint density at radius 2 is 1.52 bits per heavy atom. The third kappa shape index (κ3) is 5.92. The van der Waals surface area contributed by atoms with Crippen LogP contribution in [0.3, 0.4) is 0 Å². The molecule has 0 spiro atoms. The van der Waals surface area contributed by atoms with E-state index in [-0.39, 0.29) is 12.4 Å². The molecule has 7 heteroatoms. The van der Waals surface area contributed by atoms with Gasteiger partial charge in [-0.05, 0) is 38.1 Å². The van der Waals surface area contributed by atoms with Gasteiger partial charge in [0.05, 0.1) is 11.5 Å². The summed E-state index contributed by atoms with van der Waals surface area (Å²) in [6, 6.07) is 15.8. The largest absolute Gasteiger partial charge is 0.490 e. The zero-order valence-electron chi connectivity index (χ0n) is 14.3. The molecule has 0 aliphatic carbocycles. The Hall–Kier alpha value is -1.76. The first kappa shape index (κ1) is 21.3. The Morgan fingerprint density at radius 3 is 2.12 bits per heavy atom. The van der Waals surface area contributed by atoms with Crippen LogP contribution in [0.2, 0.25) is 0 Å². The fourth-order valence-corrected chi connectivity index (χ4v) is 3.47. The maximum Gasteiger partial charge on any atom is 0.193 e. The van der Waals surface area contributed by atoms with E-state index in [9.17, 15) is 8.42 Å². The predicted molar refractivity (Wildman–Crippen MR) is 101 cm³/mol. The van der Waals surface area contributed by atoms with Crippen molar-refractivity contribution in [2.45, 2.75) is 24.1 Å². The number of para-hydroxylation sites is 2. The minimum atomic E-state index is -3.39. The van der Waals surface area contributed by atoms with Gasteiger partial charge in [-0.3, -0.25) is 5.32 Å². The highest BCUT2D eigenvalue weighted by atomic mass is 35.5. The second kappa shape index (κ2) is 10.3. The van der Waals surface area contributed by atoms with E-state index >= 15 is 0 Å². The Bertz CT molecular complexity index is 738. The summed E-state index contributed by atoms with van der Waals surface area (Å²) < 4.78 is 36.0. The summed E-state index contributed by atoms with van der Waals surface area (Å²) in [7, 11) is -3.39. The molecule has 2 aromatic carbocycles. The average molecular weight is 386 g/mol. The molecule has 0 saturated carbocycles. The van der Waals surface area contributed by atoms with Crippen LogP contribution in [0.15, 0.2) is 59.5 Å².